The van der Waals surface area contributed by atoms with Gasteiger partial charge < -0.3 is 20.1 Å². The molecule has 0 unspecified atom stereocenters. The number of piperidine rings is 1. The van der Waals surface area contributed by atoms with Crippen LogP contribution in [0.3, 0.4) is 0 Å². The topological polar surface area (TPSA) is 95.5 Å². The van der Waals surface area contributed by atoms with Crippen molar-refractivity contribution in [3.05, 3.63) is 35.7 Å². The molecule has 8 nitrogen and oxygen atoms in total. The number of nitrogens with zero attached hydrogens (tertiary/aromatic N) is 4. The normalized spacial score (nSPS) is 17.3. The number of ether oxygens (including phenoxy) is 2. The van der Waals surface area contributed by atoms with Crippen LogP contribution >= 0.6 is 0 Å². The number of benzene rings is 1. The Kier molecular flexibility index (Phi) is 4.75. The molecule has 1 fully saturated rings. The largest absolute Gasteiger partial charge is 0.486 e. The Bertz CT molecular complexity index is 783. The lowest BCUT2D eigenvalue weighted by atomic mass is 9.96. The van der Waals surface area contributed by atoms with E-state index >= 15 is 0 Å². The van der Waals surface area contributed by atoms with Crippen LogP contribution in [-0.4, -0.2) is 52.1 Å². The van der Waals surface area contributed by atoms with E-state index in [9.17, 15) is 4.79 Å². The molecule has 138 valence electrons. The molecule has 2 aliphatic heterocycles. The second-order valence-corrected chi connectivity index (χ2v) is 6.73. The molecule has 1 aromatic carbocycles. The number of carbonyl (C=O) groups is 1. The van der Waals surface area contributed by atoms with Gasteiger partial charge in [-0.15, -0.1) is 5.10 Å². The molecule has 8 heteroatoms. The molecule has 3 heterocycles. The minimum Gasteiger partial charge on any atom is -0.486 e. The zero-order valence-electron chi connectivity index (χ0n) is 14.6. The Morgan fingerprint density at radius 3 is 2.69 bits per heavy atom. The zero-order chi connectivity index (χ0) is 17.9. The number of fused-ring (bicyclic) bond motifs is 1. The van der Waals surface area contributed by atoms with Crippen LogP contribution in [0.25, 0.3) is 0 Å². The molecule has 26 heavy (non-hydrogen) atoms. The van der Waals surface area contributed by atoms with Gasteiger partial charge in [0.05, 0.1) is 5.69 Å². The van der Waals surface area contributed by atoms with E-state index in [0.29, 0.717) is 42.7 Å². The third-order valence-corrected chi connectivity index (χ3v) is 4.93. The van der Waals surface area contributed by atoms with Crippen LogP contribution in [0.4, 0.5) is 0 Å². The molecule has 0 aliphatic carbocycles. The lowest BCUT2D eigenvalue weighted by Crippen LogP contribution is -2.39. The van der Waals surface area contributed by atoms with Gasteiger partial charge in [0.2, 0.25) is 0 Å². The van der Waals surface area contributed by atoms with Gasteiger partial charge in [-0.2, -0.15) is 0 Å². The van der Waals surface area contributed by atoms with Crippen molar-refractivity contribution in [2.75, 3.05) is 26.3 Å². The summed E-state index contributed by atoms with van der Waals surface area (Å²) in [4.78, 5) is 14.7. The predicted octanol–water partition coefficient (Wildman–Crippen LogP) is 1.06. The van der Waals surface area contributed by atoms with Crippen molar-refractivity contribution in [1.82, 2.24) is 19.9 Å². The number of aromatic nitrogens is 3. The van der Waals surface area contributed by atoms with Gasteiger partial charge in [-0.1, -0.05) is 5.21 Å². The highest BCUT2D eigenvalue weighted by Gasteiger charge is 2.25. The average Bonchev–Trinajstić information content (AvgIpc) is 3.15. The fraction of sp³-hybridized carbons (Fsp3) is 0.500. The fourth-order valence-electron chi connectivity index (χ4n) is 3.46. The molecule has 4 rings (SSSR count). The monoisotopic (exact) mass is 357 g/mol. The first-order valence-corrected chi connectivity index (χ1v) is 9.01. The van der Waals surface area contributed by atoms with E-state index in [0.717, 1.165) is 38.2 Å². The number of carbonyl (C=O) groups excluding carboxylic acids is 1. The second-order valence-electron chi connectivity index (χ2n) is 6.73. The fourth-order valence-corrected chi connectivity index (χ4v) is 3.46. The quantitative estimate of drug-likeness (QED) is 0.879. The summed E-state index contributed by atoms with van der Waals surface area (Å²) < 4.78 is 12.9. The number of likely N-dealkylation sites (tertiary alicyclic amines) is 1. The van der Waals surface area contributed by atoms with E-state index in [1.54, 1.807) is 6.07 Å². The zero-order valence-corrected chi connectivity index (χ0v) is 14.6. The van der Waals surface area contributed by atoms with Crippen LogP contribution in [0.15, 0.2) is 24.4 Å². The molecule has 2 aromatic rings. The van der Waals surface area contributed by atoms with Crippen LogP contribution < -0.4 is 15.2 Å². The Hall–Kier alpha value is -2.61. The van der Waals surface area contributed by atoms with Crippen LogP contribution in [0, 0.1) is 5.92 Å². The van der Waals surface area contributed by atoms with Crippen molar-refractivity contribution in [3.63, 3.8) is 0 Å². The van der Waals surface area contributed by atoms with Crippen molar-refractivity contribution < 1.29 is 14.3 Å². The van der Waals surface area contributed by atoms with Crippen molar-refractivity contribution in [2.24, 2.45) is 11.7 Å². The Labute approximate surface area is 151 Å². The molecule has 0 radical (unpaired) electrons. The van der Waals surface area contributed by atoms with Gasteiger partial charge in [0.25, 0.3) is 5.91 Å². The highest BCUT2D eigenvalue weighted by molar-refractivity contribution is 5.95. The van der Waals surface area contributed by atoms with Gasteiger partial charge in [-0.25, -0.2) is 0 Å². The molecular weight excluding hydrogens is 334 g/mol. The Balaban J connectivity index is 1.34. The van der Waals surface area contributed by atoms with Crippen LogP contribution in [0.1, 0.15) is 28.9 Å². The average molecular weight is 357 g/mol. The molecule has 2 N–H and O–H groups in total. The molecular formula is C18H23N5O3. The molecule has 0 bridgehead atoms. The molecule has 1 saturated heterocycles. The van der Waals surface area contributed by atoms with Gasteiger partial charge in [0.15, 0.2) is 11.5 Å². The number of hydrogen-bond acceptors (Lipinski definition) is 6. The van der Waals surface area contributed by atoms with E-state index in [1.165, 1.54) is 0 Å². The summed E-state index contributed by atoms with van der Waals surface area (Å²) in [6, 6.07) is 5.41. The molecule has 2 aliphatic rings. The lowest BCUT2D eigenvalue weighted by molar-refractivity contribution is 0.0680. The number of nitrogens with two attached hydrogens (primary N) is 1. The Morgan fingerprint density at radius 1 is 1.19 bits per heavy atom. The van der Waals surface area contributed by atoms with Crippen molar-refractivity contribution in [2.45, 2.75) is 25.9 Å². The van der Waals surface area contributed by atoms with Crippen molar-refractivity contribution in [3.8, 4) is 11.5 Å². The van der Waals surface area contributed by atoms with E-state index in [2.05, 4.69) is 10.3 Å². The molecule has 1 aromatic heterocycles. The standard InChI is InChI=1S/C18H23N5O3/c19-10-15-12-23(21-20-15)11-13-3-5-22(6-4-13)18(24)14-1-2-16-17(9-14)26-8-7-25-16/h1-2,9,12-13H,3-8,10-11,19H2. The minimum absolute atomic E-state index is 0.0478. The van der Waals surface area contributed by atoms with E-state index in [1.807, 2.05) is 27.9 Å². The van der Waals surface area contributed by atoms with Crippen LogP contribution in [0.5, 0.6) is 11.5 Å². The van der Waals surface area contributed by atoms with Gasteiger partial charge in [-0.05, 0) is 37.0 Å². The third-order valence-electron chi connectivity index (χ3n) is 4.93. The Morgan fingerprint density at radius 2 is 1.96 bits per heavy atom. The molecule has 0 spiro atoms. The molecule has 0 atom stereocenters. The number of rotatable bonds is 4. The summed E-state index contributed by atoms with van der Waals surface area (Å²) in [5.41, 5.74) is 7.02. The predicted molar refractivity (Wildman–Crippen MR) is 94.0 cm³/mol. The maximum Gasteiger partial charge on any atom is 0.253 e. The first-order chi connectivity index (χ1) is 12.7. The van der Waals surface area contributed by atoms with Gasteiger partial charge >= 0.3 is 0 Å². The highest BCUT2D eigenvalue weighted by atomic mass is 16.6. The van der Waals surface area contributed by atoms with E-state index in [4.69, 9.17) is 15.2 Å². The van der Waals surface area contributed by atoms with E-state index < -0.39 is 0 Å². The van der Waals surface area contributed by atoms with Crippen LogP contribution in [0.2, 0.25) is 0 Å². The summed E-state index contributed by atoms with van der Waals surface area (Å²) in [5, 5.41) is 8.12. The SMILES string of the molecule is NCc1cn(CC2CCN(C(=O)c3ccc4c(c3)OCCO4)CC2)nn1. The maximum atomic E-state index is 12.8. The second kappa shape index (κ2) is 7.33. The summed E-state index contributed by atoms with van der Waals surface area (Å²) in [6.07, 6.45) is 3.80. The lowest BCUT2D eigenvalue weighted by Gasteiger charge is -2.32. The van der Waals surface area contributed by atoms with Gasteiger partial charge in [0.1, 0.15) is 13.2 Å². The third kappa shape index (κ3) is 3.50. The van der Waals surface area contributed by atoms with Gasteiger partial charge in [-0.3, -0.25) is 9.48 Å². The summed E-state index contributed by atoms with van der Waals surface area (Å²) in [7, 11) is 0. The smallest absolute Gasteiger partial charge is 0.253 e. The van der Waals surface area contributed by atoms with Crippen LogP contribution in [-0.2, 0) is 13.1 Å². The van der Waals surface area contributed by atoms with Crippen molar-refractivity contribution >= 4 is 5.91 Å². The first-order valence-electron chi connectivity index (χ1n) is 9.01. The molecule has 0 saturated carbocycles. The van der Waals surface area contributed by atoms with Gasteiger partial charge in [0, 0.05) is 37.9 Å². The van der Waals surface area contributed by atoms with Crippen molar-refractivity contribution in [1.29, 1.82) is 0 Å². The summed E-state index contributed by atoms with van der Waals surface area (Å²) in [6.45, 7) is 3.78. The highest BCUT2D eigenvalue weighted by Crippen LogP contribution is 2.31. The number of amides is 1. The molecule has 1 amide bonds. The number of hydrogen-bond donors (Lipinski definition) is 1. The maximum absolute atomic E-state index is 12.8. The minimum atomic E-state index is 0.0478. The summed E-state index contributed by atoms with van der Waals surface area (Å²) in [5.74, 6) is 1.90. The van der Waals surface area contributed by atoms with E-state index in [-0.39, 0.29) is 5.91 Å². The summed E-state index contributed by atoms with van der Waals surface area (Å²) >= 11 is 0. The first kappa shape index (κ1) is 16.8.